The van der Waals surface area contributed by atoms with E-state index in [1.807, 2.05) is 12.3 Å². The third-order valence-electron chi connectivity index (χ3n) is 4.48. The Balaban J connectivity index is 1.94. The van der Waals surface area contributed by atoms with Gasteiger partial charge in [0, 0.05) is 18.3 Å². The van der Waals surface area contributed by atoms with E-state index in [1.54, 1.807) is 7.11 Å². The summed E-state index contributed by atoms with van der Waals surface area (Å²) < 4.78 is 7.69. The molecular formula is C20H27N5O. The lowest BCUT2D eigenvalue weighted by Crippen LogP contribution is -2.09. The quantitative estimate of drug-likeness (QED) is 0.599. The van der Waals surface area contributed by atoms with Gasteiger partial charge in [0.15, 0.2) is 5.82 Å². The smallest absolute Gasteiger partial charge is 0.222 e. The van der Waals surface area contributed by atoms with Crippen molar-refractivity contribution in [3.63, 3.8) is 0 Å². The Morgan fingerprint density at radius 1 is 1.19 bits per heavy atom. The molecule has 26 heavy (non-hydrogen) atoms. The molecule has 2 aromatic heterocycles. The van der Waals surface area contributed by atoms with Crippen LogP contribution in [0.15, 0.2) is 30.5 Å². The highest BCUT2D eigenvalue weighted by Gasteiger charge is 2.13. The van der Waals surface area contributed by atoms with Crippen LogP contribution >= 0.6 is 0 Å². The molecule has 0 saturated carbocycles. The summed E-state index contributed by atoms with van der Waals surface area (Å²) in [5, 5.41) is 3.43. The van der Waals surface area contributed by atoms with Gasteiger partial charge in [-0.05, 0) is 31.0 Å². The normalized spacial score (nSPS) is 11.0. The molecule has 2 heterocycles. The number of nitrogens with zero attached hydrogens (tertiary/aromatic N) is 3. The van der Waals surface area contributed by atoms with Gasteiger partial charge in [-0.3, -0.25) is 0 Å². The van der Waals surface area contributed by atoms with E-state index in [-0.39, 0.29) is 0 Å². The average molecular weight is 353 g/mol. The number of aromatic nitrogens is 3. The molecule has 0 radical (unpaired) electrons. The number of nitrogen functional groups attached to an aromatic ring is 1. The molecule has 0 atom stereocenters. The van der Waals surface area contributed by atoms with Gasteiger partial charge in [-0.25, -0.2) is 4.98 Å². The fraction of sp³-hybridized carbons (Fsp3) is 0.400. The number of nitrogens with one attached hydrogen (secondary N) is 1. The second-order valence-electron chi connectivity index (χ2n) is 6.56. The molecule has 3 N–H and O–H groups in total. The van der Waals surface area contributed by atoms with Crippen LogP contribution in [0.4, 0.5) is 11.8 Å². The summed E-state index contributed by atoms with van der Waals surface area (Å²) in [6.07, 6.45) is 5.51. The summed E-state index contributed by atoms with van der Waals surface area (Å²) in [4.78, 5) is 8.81. The lowest BCUT2D eigenvalue weighted by molar-refractivity contribution is 0.408. The topological polar surface area (TPSA) is 78.0 Å². The minimum Gasteiger partial charge on any atom is -0.496 e. The standard InChI is InChI=1S/C20H27N5O/c1-4-5-6-10-22-19-18-16(23-20(21)24-19)9-11-25(18)13-15-8-7-14(2)12-17(15)26-3/h7-9,11-12H,4-6,10,13H2,1-3H3,(H3,21,22,23,24). The molecule has 0 amide bonds. The van der Waals surface area contributed by atoms with Crippen molar-refractivity contribution >= 4 is 22.8 Å². The summed E-state index contributed by atoms with van der Waals surface area (Å²) in [6, 6.07) is 8.24. The van der Waals surface area contributed by atoms with Crippen LogP contribution in [0.5, 0.6) is 5.75 Å². The summed E-state index contributed by atoms with van der Waals surface area (Å²) in [5.74, 6) is 1.97. The largest absolute Gasteiger partial charge is 0.496 e. The zero-order valence-corrected chi connectivity index (χ0v) is 15.7. The Morgan fingerprint density at radius 2 is 2.04 bits per heavy atom. The third-order valence-corrected chi connectivity index (χ3v) is 4.48. The number of methoxy groups -OCH3 is 1. The first kappa shape index (κ1) is 18.0. The van der Waals surface area contributed by atoms with Gasteiger partial charge in [-0.1, -0.05) is 31.9 Å². The lowest BCUT2D eigenvalue weighted by Gasteiger charge is -2.13. The van der Waals surface area contributed by atoms with Gasteiger partial charge in [0.25, 0.3) is 0 Å². The second kappa shape index (κ2) is 8.08. The molecule has 138 valence electrons. The van der Waals surface area contributed by atoms with Crippen LogP contribution in [-0.4, -0.2) is 28.2 Å². The highest BCUT2D eigenvalue weighted by atomic mass is 16.5. The maximum absolute atomic E-state index is 5.89. The number of rotatable bonds is 8. The Kier molecular flexibility index (Phi) is 5.61. The van der Waals surface area contributed by atoms with E-state index in [9.17, 15) is 0 Å². The van der Waals surface area contributed by atoms with Crippen LogP contribution in [-0.2, 0) is 6.54 Å². The molecule has 0 spiro atoms. The highest BCUT2D eigenvalue weighted by Crippen LogP contribution is 2.26. The monoisotopic (exact) mass is 353 g/mol. The number of nitrogens with two attached hydrogens (primary N) is 1. The summed E-state index contributed by atoms with van der Waals surface area (Å²) in [7, 11) is 1.70. The number of hydrogen-bond acceptors (Lipinski definition) is 5. The SMILES string of the molecule is CCCCCNc1nc(N)nc2ccn(Cc3ccc(C)cc3OC)c12. The van der Waals surface area contributed by atoms with Gasteiger partial charge < -0.3 is 20.4 Å². The molecule has 6 heteroatoms. The van der Waals surface area contributed by atoms with E-state index in [0.29, 0.717) is 12.5 Å². The maximum Gasteiger partial charge on any atom is 0.222 e. The van der Waals surface area contributed by atoms with E-state index in [4.69, 9.17) is 10.5 Å². The lowest BCUT2D eigenvalue weighted by atomic mass is 10.1. The molecule has 0 aliphatic rings. The number of unbranched alkanes of at least 4 members (excludes halogenated alkanes) is 2. The predicted molar refractivity (Wildman–Crippen MR) is 107 cm³/mol. The zero-order valence-electron chi connectivity index (χ0n) is 15.7. The zero-order chi connectivity index (χ0) is 18.5. The number of ether oxygens (including phenoxy) is 1. The van der Waals surface area contributed by atoms with Gasteiger partial charge in [0.1, 0.15) is 11.3 Å². The first-order valence-corrected chi connectivity index (χ1v) is 9.12. The Morgan fingerprint density at radius 3 is 2.81 bits per heavy atom. The molecule has 0 aliphatic carbocycles. The fourth-order valence-corrected chi connectivity index (χ4v) is 3.13. The van der Waals surface area contributed by atoms with Crippen LogP contribution in [0.25, 0.3) is 11.0 Å². The second-order valence-corrected chi connectivity index (χ2v) is 6.56. The van der Waals surface area contributed by atoms with Gasteiger partial charge in [-0.15, -0.1) is 0 Å². The van der Waals surface area contributed by atoms with Crippen LogP contribution in [0, 0.1) is 6.92 Å². The van der Waals surface area contributed by atoms with Crippen molar-refractivity contribution < 1.29 is 4.74 Å². The molecule has 6 nitrogen and oxygen atoms in total. The van der Waals surface area contributed by atoms with E-state index in [0.717, 1.165) is 41.1 Å². The van der Waals surface area contributed by atoms with Crippen molar-refractivity contribution in [1.82, 2.24) is 14.5 Å². The first-order chi connectivity index (χ1) is 12.6. The van der Waals surface area contributed by atoms with Crippen LogP contribution in [0.1, 0.15) is 37.3 Å². The van der Waals surface area contributed by atoms with Crippen molar-refractivity contribution in [3.8, 4) is 5.75 Å². The van der Waals surface area contributed by atoms with Crippen molar-refractivity contribution in [2.75, 3.05) is 24.7 Å². The van der Waals surface area contributed by atoms with Gasteiger partial charge in [0.05, 0.1) is 19.2 Å². The van der Waals surface area contributed by atoms with E-state index >= 15 is 0 Å². The minimum atomic E-state index is 0.293. The highest BCUT2D eigenvalue weighted by molar-refractivity contribution is 5.87. The van der Waals surface area contributed by atoms with Crippen LogP contribution in [0.2, 0.25) is 0 Å². The van der Waals surface area contributed by atoms with Crippen molar-refractivity contribution in [2.45, 2.75) is 39.7 Å². The molecule has 3 aromatic rings. The van der Waals surface area contributed by atoms with Crippen molar-refractivity contribution in [3.05, 3.63) is 41.6 Å². The van der Waals surface area contributed by atoms with Crippen LogP contribution < -0.4 is 15.8 Å². The molecule has 0 unspecified atom stereocenters. The summed E-state index contributed by atoms with van der Waals surface area (Å²) >= 11 is 0. The van der Waals surface area contributed by atoms with E-state index in [2.05, 4.69) is 51.9 Å². The number of hydrogen-bond donors (Lipinski definition) is 2. The Labute approximate surface area is 154 Å². The van der Waals surface area contributed by atoms with E-state index in [1.165, 1.54) is 18.4 Å². The Bertz CT molecular complexity index is 887. The molecular weight excluding hydrogens is 326 g/mol. The fourth-order valence-electron chi connectivity index (χ4n) is 3.13. The summed E-state index contributed by atoms with van der Waals surface area (Å²) in [6.45, 7) is 5.82. The molecule has 0 saturated heterocycles. The Hall–Kier alpha value is -2.76. The number of fused-ring (bicyclic) bond motifs is 1. The minimum absolute atomic E-state index is 0.293. The molecule has 3 rings (SSSR count). The number of aryl methyl sites for hydroxylation is 1. The van der Waals surface area contributed by atoms with Crippen molar-refractivity contribution in [2.24, 2.45) is 0 Å². The van der Waals surface area contributed by atoms with Gasteiger partial charge >= 0.3 is 0 Å². The molecule has 1 aromatic carbocycles. The van der Waals surface area contributed by atoms with Crippen LogP contribution in [0.3, 0.4) is 0 Å². The summed E-state index contributed by atoms with van der Waals surface area (Å²) in [5.41, 5.74) is 10.0. The van der Waals surface area contributed by atoms with Gasteiger partial charge in [-0.2, -0.15) is 4.98 Å². The van der Waals surface area contributed by atoms with Gasteiger partial charge in [0.2, 0.25) is 5.95 Å². The van der Waals surface area contributed by atoms with Crippen molar-refractivity contribution in [1.29, 1.82) is 0 Å². The number of benzene rings is 1. The number of anilines is 2. The van der Waals surface area contributed by atoms with E-state index < -0.39 is 0 Å². The first-order valence-electron chi connectivity index (χ1n) is 9.12. The molecule has 0 aliphatic heterocycles. The maximum atomic E-state index is 5.89. The average Bonchev–Trinajstić information content (AvgIpc) is 3.02. The predicted octanol–water partition coefficient (Wildman–Crippen LogP) is 3.98. The molecule has 0 bridgehead atoms. The molecule has 0 fully saturated rings. The third kappa shape index (κ3) is 3.90.